The predicted molar refractivity (Wildman–Crippen MR) is 73.8 cm³/mol. The molecule has 1 fully saturated rings. The van der Waals surface area contributed by atoms with Crippen LogP contribution in [0.3, 0.4) is 0 Å². The van der Waals surface area contributed by atoms with Gasteiger partial charge in [-0.25, -0.2) is 0 Å². The van der Waals surface area contributed by atoms with E-state index in [9.17, 15) is 4.79 Å². The minimum Gasteiger partial charge on any atom is -0.350 e. The first-order valence-electron chi connectivity index (χ1n) is 6.77. The van der Waals surface area contributed by atoms with Crippen molar-refractivity contribution in [3.05, 3.63) is 35.4 Å². The van der Waals surface area contributed by atoms with Crippen molar-refractivity contribution in [2.24, 2.45) is 0 Å². The number of hydrogen-bond donors (Lipinski definition) is 1. The number of hydrogen-bond acceptors (Lipinski definition) is 3. The van der Waals surface area contributed by atoms with Gasteiger partial charge in [0.2, 0.25) is 0 Å². The van der Waals surface area contributed by atoms with Gasteiger partial charge in [0.15, 0.2) is 0 Å². The summed E-state index contributed by atoms with van der Waals surface area (Å²) >= 11 is 0. The summed E-state index contributed by atoms with van der Waals surface area (Å²) in [6.45, 7) is 4.99. The number of likely N-dealkylation sites (tertiary alicyclic amines) is 1. The fourth-order valence-corrected chi connectivity index (χ4v) is 2.59. The maximum atomic E-state index is 12.0. The van der Waals surface area contributed by atoms with Crippen LogP contribution in [0.5, 0.6) is 0 Å². The van der Waals surface area contributed by atoms with Crippen LogP contribution in [0.4, 0.5) is 0 Å². The molecule has 4 nitrogen and oxygen atoms in total. The van der Waals surface area contributed by atoms with Gasteiger partial charge in [-0.2, -0.15) is 5.26 Å². The van der Waals surface area contributed by atoms with E-state index in [0.29, 0.717) is 23.7 Å². The van der Waals surface area contributed by atoms with E-state index >= 15 is 0 Å². The lowest BCUT2D eigenvalue weighted by Gasteiger charge is -2.22. The molecule has 1 aliphatic heterocycles. The summed E-state index contributed by atoms with van der Waals surface area (Å²) < 4.78 is 0. The maximum Gasteiger partial charge on any atom is 0.251 e. The lowest BCUT2D eigenvalue weighted by Crippen LogP contribution is -2.40. The van der Waals surface area contributed by atoms with Crippen LogP contribution in [0.25, 0.3) is 0 Å². The van der Waals surface area contributed by atoms with E-state index in [2.05, 4.69) is 17.1 Å². The van der Waals surface area contributed by atoms with Gasteiger partial charge in [-0.3, -0.25) is 9.69 Å². The van der Waals surface area contributed by atoms with Gasteiger partial charge in [0.05, 0.1) is 11.6 Å². The van der Waals surface area contributed by atoms with Crippen molar-refractivity contribution in [3.8, 4) is 6.07 Å². The third-order valence-corrected chi connectivity index (χ3v) is 3.66. The Balaban J connectivity index is 1.92. The van der Waals surface area contributed by atoms with E-state index in [1.54, 1.807) is 24.3 Å². The van der Waals surface area contributed by atoms with E-state index in [-0.39, 0.29) is 5.91 Å². The largest absolute Gasteiger partial charge is 0.350 e. The Morgan fingerprint density at radius 3 is 3.16 bits per heavy atom. The molecule has 1 N–H and O–H groups in total. The number of carbonyl (C=O) groups excluding carboxylic acids is 1. The summed E-state index contributed by atoms with van der Waals surface area (Å²) in [5, 5.41) is 11.8. The number of carbonyl (C=O) groups is 1. The van der Waals surface area contributed by atoms with Crippen molar-refractivity contribution in [2.75, 3.05) is 19.6 Å². The molecule has 1 unspecified atom stereocenters. The number of likely N-dealkylation sites (N-methyl/N-ethyl adjacent to an activating group) is 1. The monoisotopic (exact) mass is 257 g/mol. The number of nitrogens with zero attached hydrogens (tertiary/aromatic N) is 2. The van der Waals surface area contributed by atoms with Crippen LogP contribution in [0, 0.1) is 11.3 Å². The summed E-state index contributed by atoms with van der Waals surface area (Å²) in [5.41, 5.74) is 1.07. The van der Waals surface area contributed by atoms with Crippen LogP contribution in [-0.2, 0) is 0 Å². The molecule has 100 valence electrons. The fraction of sp³-hybridized carbons (Fsp3) is 0.467. The molecular weight excluding hydrogens is 238 g/mol. The van der Waals surface area contributed by atoms with Gasteiger partial charge >= 0.3 is 0 Å². The third kappa shape index (κ3) is 3.33. The summed E-state index contributed by atoms with van der Waals surface area (Å²) in [4.78, 5) is 14.4. The van der Waals surface area contributed by atoms with Crippen LogP contribution >= 0.6 is 0 Å². The molecule has 1 aromatic rings. The van der Waals surface area contributed by atoms with Crippen molar-refractivity contribution < 1.29 is 4.79 Å². The second-order valence-electron chi connectivity index (χ2n) is 4.83. The van der Waals surface area contributed by atoms with E-state index in [1.165, 1.54) is 6.42 Å². The first kappa shape index (κ1) is 13.6. The number of rotatable bonds is 4. The smallest absolute Gasteiger partial charge is 0.251 e. The quantitative estimate of drug-likeness (QED) is 0.894. The molecule has 0 radical (unpaired) electrons. The molecule has 2 rings (SSSR count). The van der Waals surface area contributed by atoms with Gasteiger partial charge in [-0.15, -0.1) is 0 Å². The summed E-state index contributed by atoms with van der Waals surface area (Å²) in [7, 11) is 0. The topological polar surface area (TPSA) is 56.1 Å². The van der Waals surface area contributed by atoms with Crippen LogP contribution in [0.2, 0.25) is 0 Å². The molecule has 0 aliphatic carbocycles. The highest BCUT2D eigenvalue weighted by atomic mass is 16.1. The minimum absolute atomic E-state index is 0.0972. The molecule has 0 saturated carbocycles. The van der Waals surface area contributed by atoms with Crippen LogP contribution in [-0.4, -0.2) is 36.5 Å². The first-order valence-corrected chi connectivity index (χ1v) is 6.77. The lowest BCUT2D eigenvalue weighted by molar-refractivity contribution is 0.0941. The van der Waals surface area contributed by atoms with Gasteiger partial charge in [-0.1, -0.05) is 13.0 Å². The van der Waals surface area contributed by atoms with Crippen LogP contribution in [0.15, 0.2) is 24.3 Å². The lowest BCUT2D eigenvalue weighted by atomic mass is 10.1. The molecule has 1 heterocycles. The number of nitriles is 1. The molecular formula is C15H19N3O. The highest BCUT2D eigenvalue weighted by Gasteiger charge is 2.23. The Kier molecular flexibility index (Phi) is 4.53. The van der Waals surface area contributed by atoms with Crippen molar-refractivity contribution in [1.82, 2.24) is 10.2 Å². The molecule has 1 saturated heterocycles. The Hall–Kier alpha value is -1.86. The first-order chi connectivity index (χ1) is 9.24. The van der Waals surface area contributed by atoms with E-state index in [4.69, 9.17) is 5.26 Å². The highest BCUT2D eigenvalue weighted by molar-refractivity contribution is 5.94. The fourth-order valence-electron chi connectivity index (χ4n) is 2.59. The molecule has 0 bridgehead atoms. The van der Waals surface area contributed by atoms with Crippen LogP contribution < -0.4 is 5.32 Å². The third-order valence-electron chi connectivity index (χ3n) is 3.66. The van der Waals surface area contributed by atoms with E-state index in [1.807, 2.05) is 6.07 Å². The Morgan fingerprint density at radius 1 is 1.58 bits per heavy atom. The summed E-state index contributed by atoms with van der Waals surface area (Å²) in [6.07, 6.45) is 2.35. The Labute approximate surface area is 114 Å². The summed E-state index contributed by atoms with van der Waals surface area (Å²) in [6, 6.07) is 9.30. The molecule has 1 atom stereocenters. The van der Waals surface area contributed by atoms with Gasteiger partial charge in [-0.05, 0) is 44.1 Å². The Bertz CT molecular complexity index is 492. The minimum atomic E-state index is -0.0972. The average molecular weight is 257 g/mol. The van der Waals surface area contributed by atoms with Gasteiger partial charge in [0, 0.05) is 18.2 Å². The number of amides is 1. The van der Waals surface area contributed by atoms with Crippen LogP contribution in [0.1, 0.15) is 35.7 Å². The second-order valence-corrected chi connectivity index (χ2v) is 4.83. The second kappa shape index (κ2) is 6.35. The van der Waals surface area contributed by atoms with Crippen molar-refractivity contribution >= 4 is 5.91 Å². The van der Waals surface area contributed by atoms with Crippen molar-refractivity contribution in [3.63, 3.8) is 0 Å². The molecule has 4 heteroatoms. The molecule has 1 amide bonds. The normalized spacial score (nSPS) is 19.1. The van der Waals surface area contributed by atoms with Gasteiger partial charge < -0.3 is 5.32 Å². The zero-order valence-electron chi connectivity index (χ0n) is 11.2. The molecule has 1 aliphatic rings. The number of nitrogens with one attached hydrogen (secondary N) is 1. The van der Waals surface area contributed by atoms with E-state index in [0.717, 1.165) is 19.5 Å². The zero-order valence-corrected chi connectivity index (χ0v) is 11.2. The number of benzene rings is 1. The Morgan fingerprint density at radius 2 is 2.42 bits per heavy atom. The zero-order chi connectivity index (χ0) is 13.7. The standard InChI is InChI=1S/C15H19N3O/c1-2-18-8-4-7-14(18)11-17-15(19)13-6-3-5-12(9-13)10-16/h3,5-6,9,14H,2,4,7-8,11H2,1H3,(H,17,19). The van der Waals surface area contributed by atoms with Crippen molar-refractivity contribution in [1.29, 1.82) is 5.26 Å². The molecule has 0 aromatic heterocycles. The maximum absolute atomic E-state index is 12.0. The molecule has 1 aromatic carbocycles. The highest BCUT2D eigenvalue weighted by Crippen LogP contribution is 2.15. The molecule has 0 spiro atoms. The SMILES string of the molecule is CCN1CCCC1CNC(=O)c1cccc(C#N)c1. The van der Waals surface area contributed by atoms with Gasteiger partial charge in [0.1, 0.15) is 0 Å². The van der Waals surface area contributed by atoms with Gasteiger partial charge in [0.25, 0.3) is 5.91 Å². The van der Waals surface area contributed by atoms with Crippen molar-refractivity contribution in [2.45, 2.75) is 25.8 Å². The predicted octanol–water partition coefficient (Wildman–Crippen LogP) is 1.77. The summed E-state index contributed by atoms with van der Waals surface area (Å²) in [5.74, 6) is -0.0972. The molecule has 19 heavy (non-hydrogen) atoms. The van der Waals surface area contributed by atoms with E-state index < -0.39 is 0 Å². The average Bonchev–Trinajstić information content (AvgIpc) is 2.92.